The molecule has 14 nitrogen and oxygen atoms in total. The molecule has 1 fully saturated rings. The average Bonchev–Trinajstić information content (AvgIpc) is 3.48. The van der Waals surface area contributed by atoms with Gasteiger partial charge in [0, 0.05) is 6.42 Å². The number of carboxylic acids is 1. The molecule has 2 aromatic heterocycles. The lowest BCUT2D eigenvalue weighted by Gasteiger charge is -2.16. The first-order valence-corrected chi connectivity index (χ1v) is 15.7. The van der Waals surface area contributed by atoms with Crippen molar-refractivity contribution in [1.29, 1.82) is 0 Å². The van der Waals surface area contributed by atoms with E-state index in [0.717, 1.165) is 10.8 Å². The molecule has 0 saturated carbocycles. The number of nitrogens with two attached hydrogens (primary N) is 2. The Morgan fingerprint density at radius 2 is 1.85 bits per heavy atom. The number of aliphatic hydroxyl groups excluding tert-OH is 2. The number of carbonyl (C=O) groups is 1. The van der Waals surface area contributed by atoms with Gasteiger partial charge in [0.15, 0.2) is 17.7 Å². The van der Waals surface area contributed by atoms with Crippen LogP contribution in [0.3, 0.4) is 0 Å². The van der Waals surface area contributed by atoms with Gasteiger partial charge in [-0.25, -0.2) is 23.4 Å². The Morgan fingerprint density at radius 1 is 1.15 bits per heavy atom. The van der Waals surface area contributed by atoms with Gasteiger partial charge < -0.3 is 36.1 Å². The molecule has 0 spiro atoms. The number of aliphatic carboxylic acids is 1. The fraction of sp³-hybridized carbons (Fsp3) is 0.360. The van der Waals surface area contributed by atoms with Crippen LogP contribution in [-0.2, 0) is 30.5 Å². The molecule has 1 unspecified atom stereocenters. The maximum Gasteiger partial charge on any atom is 0.320 e. The van der Waals surface area contributed by atoms with E-state index in [2.05, 4.69) is 15.0 Å². The maximum absolute atomic E-state index is 10.8. The number of carboxylic acid groups (broad SMARTS) is 1. The van der Waals surface area contributed by atoms with Gasteiger partial charge in [0.05, 0.1) is 17.5 Å². The van der Waals surface area contributed by atoms with E-state index in [0.29, 0.717) is 29.1 Å². The van der Waals surface area contributed by atoms with Crippen molar-refractivity contribution >= 4 is 54.7 Å². The Labute approximate surface area is 238 Å². The number of aromatic nitrogens is 4. The second kappa shape index (κ2) is 12.6. The summed E-state index contributed by atoms with van der Waals surface area (Å²) in [6.07, 6.45) is 1.31. The lowest BCUT2D eigenvalue weighted by Crippen LogP contribution is -2.37. The Kier molecular flexibility index (Phi) is 9.43. The number of benzene rings is 2. The smallest absolute Gasteiger partial charge is 0.320 e. The SMILES string of the molecule is C[S+](CC[C@H](N)C(=O)O)C[C@H]1O[C@@H](n2cnc3c(N)ncnc32)[C@H](O)[C@@H]1O.O=S(=O)([O-])c1ccc2ccccc2c1. The van der Waals surface area contributed by atoms with E-state index in [9.17, 15) is 28.0 Å². The molecule has 0 aliphatic carbocycles. The quantitative estimate of drug-likeness (QED) is 0.129. The number of nitrogens with zero attached hydrogens (tertiary/aromatic N) is 4. The molecule has 1 saturated heterocycles. The molecule has 6 atom stereocenters. The van der Waals surface area contributed by atoms with Crippen LogP contribution in [0.4, 0.5) is 5.82 Å². The fourth-order valence-electron chi connectivity index (χ4n) is 4.29. The summed E-state index contributed by atoms with van der Waals surface area (Å²) in [6, 6.07) is 10.7. The molecule has 0 bridgehead atoms. The van der Waals surface area contributed by atoms with E-state index in [1.807, 2.05) is 18.4 Å². The highest BCUT2D eigenvalue weighted by atomic mass is 32.2. The van der Waals surface area contributed by atoms with Gasteiger partial charge in [0.1, 0.15) is 57.8 Å². The monoisotopic (exact) mass is 606 g/mol. The van der Waals surface area contributed by atoms with Crippen LogP contribution in [0.2, 0.25) is 0 Å². The molecular weight excluding hydrogens is 576 g/mol. The van der Waals surface area contributed by atoms with Crippen LogP contribution in [0.15, 0.2) is 60.0 Å². The predicted octanol–water partition coefficient (Wildman–Crippen LogP) is -0.178. The van der Waals surface area contributed by atoms with Gasteiger partial charge >= 0.3 is 5.97 Å². The van der Waals surface area contributed by atoms with Crippen molar-refractivity contribution in [2.75, 3.05) is 23.5 Å². The highest BCUT2D eigenvalue weighted by Crippen LogP contribution is 2.32. The molecule has 3 heterocycles. The summed E-state index contributed by atoms with van der Waals surface area (Å²) in [5.41, 5.74) is 12.1. The number of nitrogen functional groups attached to an aromatic ring is 1. The van der Waals surface area contributed by atoms with Crippen LogP contribution in [0.5, 0.6) is 0 Å². The van der Waals surface area contributed by atoms with E-state index >= 15 is 0 Å². The Bertz CT molecular complexity index is 1630. The van der Waals surface area contributed by atoms with Gasteiger partial charge in [-0.3, -0.25) is 9.36 Å². The van der Waals surface area contributed by atoms with E-state index in [1.165, 1.54) is 29.4 Å². The molecule has 0 radical (unpaired) electrons. The van der Waals surface area contributed by atoms with Crippen molar-refractivity contribution in [3.8, 4) is 0 Å². The molecule has 0 amide bonds. The molecule has 4 aromatic rings. The third-order valence-electron chi connectivity index (χ3n) is 6.55. The molecule has 220 valence electrons. The number of hydrogen-bond acceptors (Lipinski definition) is 12. The average molecular weight is 607 g/mol. The highest BCUT2D eigenvalue weighted by Gasteiger charge is 2.46. The lowest BCUT2D eigenvalue weighted by atomic mass is 10.1. The van der Waals surface area contributed by atoms with Gasteiger partial charge in [-0.05, 0) is 33.8 Å². The minimum absolute atomic E-state index is 0.184. The number of rotatable bonds is 8. The van der Waals surface area contributed by atoms with Crippen LogP contribution in [0.25, 0.3) is 21.9 Å². The van der Waals surface area contributed by atoms with Crippen molar-refractivity contribution in [3.63, 3.8) is 0 Å². The Morgan fingerprint density at radius 3 is 2.54 bits per heavy atom. The molecular formula is C25H30N6O8S2. The second-order valence-corrected chi connectivity index (χ2v) is 13.2. The zero-order chi connectivity index (χ0) is 29.9. The molecule has 5 rings (SSSR count). The summed E-state index contributed by atoms with van der Waals surface area (Å²) < 4.78 is 39.6. The summed E-state index contributed by atoms with van der Waals surface area (Å²) >= 11 is 0. The van der Waals surface area contributed by atoms with Crippen LogP contribution in [0.1, 0.15) is 12.6 Å². The Hall–Kier alpha value is -3.38. The summed E-state index contributed by atoms with van der Waals surface area (Å²) in [4.78, 5) is 22.8. The third kappa shape index (κ3) is 7.10. The van der Waals surface area contributed by atoms with E-state index in [4.69, 9.17) is 21.3 Å². The number of ether oxygens (including phenoxy) is 1. The fourth-order valence-corrected chi connectivity index (χ4v) is 6.46. The predicted molar refractivity (Wildman–Crippen MR) is 151 cm³/mol. The van der Waals surface area contributed by atoms with Crippen molar-refractivity contribution < 1.29 is 37.8 Å². The zero-order valence-electron chi connectivity index (χ0n) is 21.8. The van der Waals surface area contributed by atoms with Crippen molar-refractivity contribution in [2.45, 2.75) is 41.9 Å². The van der Waals surface area contributed by atoms with Crippen LogP contribution in [0, 0.1) is 0 Å². The third-order valence-corrected chi connectivity index (χ3v) is 9.21. The maximum atomic E-state index is 10.8. The van der Waals surface area contributed by atoms with Gasteiger partial charge in [0.2, 0.25) is 0 Å². The van der Waals surface area contributed by atoms with Crippen LogP contribution >= 0.6 is 0 Å². The largest absolute Gasteiger partial charge is 0.744 e. The first-order valence-electron chi connectivity index (χ1n) is 12.3. The highest BCUT2D eigenvalue weighted by molar-refractivity contribution is 7.96. The number of imidazole rings is 1. The molecule has 1 aliphatic rings. The van der Waals surface area contributed by atoms with Crippen molar-refractivity contribution in [3.05, 3.63) is 55.1 Å². The zero-order valence-corrected chi connectivity index (χ0v) is 23.5. The van der Waals surface area contributed by atoms with Crippen molar-refractivity contribution in [2.24, 2.45) is 5.73 Å². The van der Waals surface area contributed by atoms with E-state index in [1.54, 1.807) is 18.2 Å². The van der Waals surface area contributed by atoms with Gasteiger partial charge in [0.25, 0.3) is 0 Å². The van der Waals surface area contributed by atoms with Crippen LogP contribution in [-0.4, -0.2) is 95.9 Å². The lowest BCUT2D eigenvalue weighted by molar-refractivity contribution is -0.138. The number of hydrogen-bond donors (Lipinski definition) is 5. The Balaban J connectivity index is 0.000000231. The van der Waals surface area contributed by atoms with Crippen LogP contribution < -0.4 is 11.5 Å². The van der Waals surface area contributed by atoms with Gasteiger partial charge in [-0.1, -0.05) is 30.3 Å². The number of anilines is 1. The van der Waals surface area contributed by atoms with Gasteiger partial charge in [-0.15, -0.1) is 0 Å². The standard InChI is InChI=1S/C15H22N6O5S.C10H8O3S/c1-27(3-2-7(16)15(24)25)4-8-10(22)11(23)14(26-8)21-6-20-9-12(17)18-5-19-13(9)21;11-14(12,13)10-6-5-8-3-1-2-4-9(8)7-10/h5-8,10-11,14,22-23H,2-4,16H2,1H3,(H2-,17,18,19,24,25);1-7H,(H,11,12,13)/t7-,8+,10+,11+,14+,27?;/m0./s1. The van der Waals surface area contributed by atoms with Crippen molar-refractivity contribution in [1.82, 2.24) is 19.5 Å². The summed E-state index contributed by atoms with van der Waals surface area (Å²) in [5, 5.41) is 31.4. The summed E-state index contributed by atoms with van der Waals surface area (Å²) in [6.45, 7) is 0. The second-order valence-electron chi connectivity index (χ2n) is 9.48. The molecule has 2 aromatic carbocycles. The first kappa shape index (κ1) is 30.6. The molecule has 7 N–H and O–H groups in total. The normalized spacial score (nSPS) is 22.3. The number of aliphatic hydroxyl groups is 2. The van der Waals surface area contributed by atoms with E-state index < -0.39 is 46.7 Å². The minimum atomic E-state index is -4.34. The first-order chi connectivity index (χ1) is 19.4. The summed E-state index contributed by atoms with van der Waals surface area (Å²) in [5.74, 6) is 0.254. The molecule has 16 heteroatoms. The molecule has 41 heavy (non-hydrogen) atoms. The number of fused-ring (bicyclic) bond motifs is 2. The topological polar surface area (TPSA) is 240 Å². The van der Waals surface area contributed by atoms with E-state index in [-0.39, 0.29) is 21.6 Å². The summed E-state index contributed by atoms with van der Waals surface area (Å²) in [7, 11) is -4.58. The molecule has 1 aliphatic heterocycles. The minimum Gasteiger partial charge on any atom is -0.744 e. The van der Waals surface area contributed by atoms with Gasteiger partial charge in [-0.2, -0.15) is 0 Å².